The Hall–Kier alpha value is -2.75. The van der Waals surface area contributed by atoms with Crippen molar-refractivity contribution in [3.63, 3.8) is 0 Å². The highest BCUT2D eigenvalue weighted by Gasteiger charge is 2.41. The molecule has 4 heteroatoms. The van der Waals surface area contributed by atoms with Crippen molar-refractivity contribution >= 4 is 6.16 Å². The summed E-state index contributed by atoms with van der Waals surface area (Å²) in [5.41, 5.74) is -0.119. The molecule has 1 atom stereocenters. The van der Waals surface area contributed by atoms with Gasteiger partial charge in [-0.05, 0) is 30.3 Å². The first kappa shape index (κ1) is 13.2. The Morgan fingerprint density at radius 1 is 1.05 bits per heavy atom. The lowest BCUT2D eigenvalue weighted by Crippen LogP contribution is -2.25. The normalized spacial score (nSPS) is 20.5. The maximum atomic E-state index is 11.2. The molecular weight excluding hydrogens is 268 g/mol. The smallest absolute Gasteiger partial charge is 0.457 e. The van der Waals surface area contributed by atoms with E-state index in [4.69, 9.17) is 14.2 Å². The summed E-state index contributed by atoms with van der Waals surface area (Å²) >= 11 is 0. The quantitative estimate of drug-likeness (QED) is 0.627. The second kappa shape index (κ2) is 5.32. The maximum Gasteiger partial charge on any atom is 0.509 e. The van der Waals surface area contributed by atoms with Crippen LogP contribution in [-0.2, 0) is 15.1 Å². The molecule has 0 spiro atoms. The molecule has 1 unspecified atom stereocenters. The monoisotopic (exact) mass is 282 g/mol. The predicted molar refractivity (Wildman–Crippen MR) is 77.3 cm³/mol. The van der Waals surface area contributed by atoms with E-state index in [0.29, 0.717) is 5.75 Å². The molecule has 1 aliphatic heterocycles. The van der Waals surface area contributed by atoms with Crippen molar-refractivity contribution < 1.29 is 19.0 Å². The highest BCUT2D eigenvalue weighted by Crippen LogP contribution is 2.34. The fourth-order valence-corrected chi connectivity index (χ4v) is 2.16. The van der Waals surface area contributed by atoms with E-state index in [9.17, 15) is 4.79 Å². The van der Waals surface area contributed by atoms with E-state index in [1.165, 1.54) is 0 Å². The molecule has 106 valence electrons. The van der Waals surface area contributed by atoms with Gasteiger partial charge in [0.25, 0.3) is 0 Å². The molecule has 1 heterocycles. The third-order valence-corrected chi connectivity index (χ3v) is 3.32. The van der Waals surface area contributed by atoms with Gasteiger partial charge in [0.2, 0.25) is 0 Å². The van der Waals surface area contributed by atoms with Crippen LogP contribution in [0, 0.1) is 0 Å². The summed E-state index contributed by atoms with van der Waals surface area (Å²) in [7, 11) is 0. The van der Waals surface area contributed by atoms with Crippen LogP contribution in [0.1, 0.15) is 5.56 Å². The molecule has 0 N–H and O–H groups in total. The Morgan fingerprint density at radius 2 is 1.71 bits per heavy atom. The number of carbonyl (C=O) groups excluding carboxylic acids is 1. The lowest BCUT2D eigenvalue weighted by Gasteiger charge is -2.21. The van der Waals surface area contributed by atoms with Gasteiger partial charge >= 0.3 is 6.16 Å². The Balaban J connectivity index is 1.81. The van der Waals surface area contributed by atoms with E-state index in [0.717, 1.165) is 11.3 Å². The van der Waals surface area contributed by atoms with Gasteiger partial charge in [-0.1, -0.05) is 36.9 Å². The van der Waals surface area contributed by atoms with Crippen LogP contribution in [0.4, 0.5) is 4.79 Å². The molecule has 0 aromatic heterocycles. The zero-order chi connectivity index (χ0) is 14.7. The van der Waals surface area contributed by atoms with Gasteiger partial charge in [-0.3, -0.25) is 0 Å². The van der Waals surface area contributed by atoms with Gasteiger partial charge in [-0.25, -0.2) is 4.79 Å². The third-order valence-electron chi connectivity index (χ3n) is 3.32. The molecule has 0 amide bonds. The fourth-order valence-electron chi connectivity index (χ4n) is 2.16. The summed E-state index contributed by atoms with van der Waals surface area (Å²) in [4.78, 5) is 11.2. The molecule has 1 aliphatic rings. The minimum atomic E-state index is -0.914. The number of hydrogen-bond donors (Lipinski definition) is 0. The second-order valence-electron chi connectivity index (χ2n) is 4.67. The zero-order valence-electron chi connectivity index (χ0n) is 11.3. The Bertz CT molecular complexity index is 648. The molecule has 4 nitrogen and oxygen atoms in total. The molecule has 0 bridgehead atoms. The number of hydrogen-bond acceptors (Lipinski definition) is 4. The molecular formula is C17H14O4. The van der Waals surface area contributed by atoms with Gasteiger partial charge in [0.05, 0.1) is 0 Å². The minimum absolute atomic E-state index is 0.133. The number of carbonyl (C=O) groups is 1. The summed E-state index contributed by atoms with van der Waals surface area (Å²) in [6.07, 6.45) is 0.893. The molecule has 1 fully saturated rings. The Morgan fingerprint density at radius 3 is 2.29 bits per heavy atom. The van der Waals surface area contributed by atoms with E-state index in [-0.39, 0.29) is 6.61 Å². The van der Waals surface area contributed by atoms with E-state index in [1.807, 2.05) is 54.6 Å². The molecule has 0 saturated carbocycles. The van der Waals surface area contributed by atoms with Gasteiger partial charge < -0.3 is 14.2 Å². The molecule has 2 aromatic carbocycles. The van der Waals surface area contributed by atoms with Gasteiger partial charge in [-0.15, -0.1) is 0 Å². The summed E-state index contributed by atoms with van der Waals surface area (Å²) in [5, 5.41) is 0. The highest BCUT2D eigenvalue weighted by molar-refractivity contribution is 5.64. The minimum Gasteiger partial charge on any atom is -0.457 e. The Labute approximate surface area is 122 Å². The highest BCUT2D eigenvalue weighted by atomic mass is 16.8. The van der Waals surface area contributed by atoms with E-state index in [1.54, 1.807) is 6.08 Å². The van der Waals surface area contributed by atoms with Crippen molar-refractivity contribution in [2.45, 2.75) is 5.60 Å². The third kappa shape index (κ3) is 2.60. The predicted octanol–water partition coefficient (Wildman–Crippen LogP) is 4.03. The Kier molecular flexibility index (Phi) is 3.36. The summed E-state index contributed by atoms with van der Waals surface area (Å²) in [6, 6.07) is 16.8. The zero-order valence-corrected chi connectivity index (χ0v) is 11.3. The summed E-state index contributed by atoms with van der Waals surface area (Å²) in [6.45, 7) is 3.86. The molecule has 0 aliphatic carbocycles. The average Bonchev–Trinajstić information content (AvgIpc) is 2.92. The van der Waals surface area contributed by atoms with Crippen molar-refractivity contribution in [2.24, 2.45) is 0 Å². The van der Waals surface area contributed by atoms with E-state index < -0.39 is 11.8 Å². The second-order valence-corrected chi connectivity index (χ2v) is 4.67. The van der Waals surface area contributed by atoms with Crippen molar-refractivity contribution in [3.05, 3.63) is 72.8 Å². The SMILES string of the molecule is C=CC1(c2ccc(Oc3ccccc3)cc2)COC(=O)O1. The van der Waals surface area contributed by atoms with E-state index >= 15 is 0 Å². The lowest BCUT2D eigenvalue weighted by atomic mass is 9.95. The van der Waals surface area contributed by atoms with Crippen molar-refractivity contribution in [2.75, 3.05) is 6.61 Å². The van der Waals surface area contributed by atoms with Crippen LogP contribution in [0.5, 0.6) is 11.5 Å². The molecule has 3 rings (SSSR count). The van der Waals surface area contributed by atoms with Crippen LogP contribution < -0.4 is 4.74 Å². The van der Waals surface area contributed by atoms with Gasteiger partial charge in [0.1, 0.15) is 18.1 Å². The first-order chi connectivity index (χ1) is 10.2. The topological polar surface area (TPSA) is 44.8 Å². The van der Waals surface area contributed by atoms with Crippen molar-refractivity contribution in [3.8, 4) is 11.5 Å². The van der Waals surface area contributed by atoms with Gasteiger partial charge in [-0.2, -0.15) is 0 Å². The maximum absolute atomic E-state index is 11.2. The van der Waals surface area contributed by atoms with Crippen molar-refractivity contribution in [1.82, 2.24) is 0 Å². The van der Waals surface area contributed by atoms with Crippen LogP contribution in [-0.4, -0.2) is 12.8 Å². The number of cyclic esters (lactones) is 2. The van der Waals surface area contributed by atoms with E-state index in [2.05, 4.69) is 6.58 Å². The lowest BCUT2D eigenvalue weighted by molar-refractivity contribution is 0.0887. The van der Waals surface area contributed by atoms with Crippen LogP contribution in [0.25, 0.3) is 0 Å². The summed E-state index contributed by atoms with van der Waals surface area (Å²) < 4.78 is 15.8. The molecule has 0 radical (unpaired) electrons. The van der Waals surface area contributed by atoms with Gasteiger partial charge in [0.15, 0.2) is 5.60 Å². The number of rotatable bonds is 4. The number of para-hydroxylation sites is 1. The molecule has 21 heavy (non-hydrogen) atoms. The van der Waals surface area contributed by atoms with Crippen LogP contribution >= 0.6 is 0 Å². The first-order valence-electron chi connectivity index (χ1n) is 6.55. The van der Waals surface area contributed by atoms with Crippen molar-refractivity contribution in [1.29, 1.82) is 0 Å². The number of ether oxygens (including phenoxy) is 3. The molecule has 2 aromatic rings. The summed E-state index contributed by atoms with van der Waals surface area (Å²) in [5.74, 6) is 1.47. The van der Waals surface area contributed by atoms with Gasteiger partial charge in [0, 0.05) is 5.56 Å². The fraction of sp³-hybridized carbons (Fsp3) is 0.118. The van der Waals surface area contributed by atoms with Crippen LogP contribution in [0.3, 0.4) is 0 Å². The van der Waals surface area contributed by atoms with Crippen LogP contribution in [0.2, 0.25) is 0 Å². The standard InChI is InChI=1S/C17H14O4/c1-2-17(12-19-16(18)21-17)13-8-10-15(11-9-13)20-14-6-4-3-5-7-14/h2-11H,1,12H2. The number of benzene rings is 2. The largest absolute Gasteiger partial charge is 0.509 e. The first-order valence-corrected chi connectivity index (χ1v) is 6.55. The average molecular weight is 282 g/mol. The molecule has 1 saturated heterocycles. The van der Waals surface area contributed by atoms with Crippen LogP contribution in [0.15, 0.2) is 67.3 Å².